The minimum absolute atomic E-state index is 0.421. The molecule has 0 unspecified atom stereocenters. The number of amides is 1. The second kappa shape index (κ2) is 7.29. The van der Waals surface area contributed by atoms with Gasteiger partial charge < -0.3 is 10.1 Å². The molecule has 1 aromatic rings. The summed E-state index contributed by atoms with van der Waals surface area (Å²) in [5, 5.41) is 11.4. The van der Waals surface area contributed by atoms with Crippen LogP contribution in [-0.4, -0.2) is 23.2 Å². The Morgan fingerprint density at radius 2 is 2.30 bits per heavy atom. The van der Waals surface area contributed by atoms with Crippen LogP contribution < -0.4 is 5.32 Å². The van der Waals surface area contributed by atoms with E-state index < -0.39 is 11.7 Å². The van der Waals surface area contributed by atoms with Gasteiger partial charge in [0.15, 0.2) is 0 Å². The monoisotopic (exact) mass is 273 g/mol. The summed E-state index contributed by atoms with van der Waals surface area (Å²) in [5.41, 5.74) is 0.814. The van der Waals surface area contributed by atoms with Crippen LogP contribution in [-0.2, 0) is 4.74 Å². The van der Waals surface area contributed by atoms with Crippen LogP contribution in [0.15, 0.2) is 24.4 Å². The molecule has 0 aliphatic carbocycles. The van der Waals surface area contributed by atoms with Gasteiger partial charge in [-0.05, 0) is 45.4 Å². The number of nitriles is 1. The van der Waals surface area contributed by atoms with Crippen molar-refractivity contribution in [3.05, 3.63) is 35.7 Å². The third-order valence-electron chi connectivity index (χ3n) is 2.18. The summed E-state index contributed by atoms with van der Waals surface area (Å²) >= 11 is 0. The molecule has 0 fully saturated rings. The van der Waals surface area contributed by atoms with Crippen LogP contribution in [0.2, 0.25) is 0 Å². The molecule has 1 rings (SSSR count). The zero-order valence-electron chi connectivity index (χ0n) is 12.0. The number of carbonyl (C=O) groups excluding carboxylic acids is 1. The van der Waals surface area contributed by atoms with Crippen molar-refractivity contribution in [3.63, 3.8) is 0 Å². The van der Waals surface area contributed by atoms with Crippen molar-refractivity contribution in [3.8, 4) is 6.07 Å². The maximum atomic E-state index is 11.4. The van der Waals surface area contributed by atoms with Gasteiger partial charge in [-0.1, -0.05) is 6.08 Å². The van der Waals surface area contributed by atoms with E-state index in [1.807, 2.05) is 32.9 Å². The molecule has 0 aromatic carbocycles. The second-order valence-electron chi connectivity index (χ2n) is 5.20. The van der Waals surface area contributed by atoms with Crippen molar-refractivity contribution in [2.75, 3.05) is 6.54 Å². The smallest absolute Gasteiger partial charge is 0.407 e. The molecular weight excluding hydrogens is 254 g/mol. The number of carbonyl (C=O) groups is 1. The minimum Gasteiger partial charge on any atom is -0.444 e. The zero-order chi connectivity index (χ0) is 15.0. The quantitative estimate of drug-likeness (QED) is 0.856. The number of hydrogen-bond donors (Lipinski definition) is 1. The van der Waals surface area contributed by atoms with Gasteiger partial charge in [-0.15, -0.1) is 0 Å². The van der Waals surface area contributed by atoms with Crippen LogP contribution in [0.4, 0.5) is 4.79 Å². The van der Waals surface area contributed by atoms with E-state index in [0.717, 1.165) is 5.69 Å². The predicted octanol–water partition coefficient (Wildman–Crippen LogP) is 2.88. The lowest BCUT2D eigenvalue weighted by molar-refractivity contribution is 0.0529. The van der Waals surface area contributed by atoms with Gasteiger partial charge in [-0.25, -0.2) is 4.79 Å². The lowest BCUT2D eigenvalue weighted by atomic mass is 10.2. The predicted molar refractivity (Wildman–Crippen MR) is 76.8 cm³/mol. The van der Waals surface area contributed by atoms with Gasteiger partial charge in [-0.3, -0.25) is 4.98 Å². The highest BCUT2D eigenvalue weighted by Crippen LogP contribution is 2.06. The van der Waals surface area contributed by atoms with Crippen molar-refractivity contribution < 1.29 is 9.53 Å². The molecule has 5 heteroatoms. The molecule has 1 amide bonds. The van der Waals surface area contributed by atoms with Crippen LogP contribution in [0.25, 0.3) is 6.08 Å². The van der Waals surface area contributed by atoms with E-state index in [0.29, 0.717) is 18.5 Å². The first kappa shape index (κ1) is 15.7. The zero-order valence-corrected chi connectivity index (χ0v) is 12.0. The Labute approximate surface area is 119 Å². The van der Waals surface area contributed by atoms with Crippen LogP contribution in [0.5, 0.6) is 0 Å². The highest BCUT2D eigenvalue weighted by atomic mass is 16.6. The SMILES string of the molecule is CC(C)(C)OC(=O)NCCC=Cc1cc(C#N)ccn1. The third-order valence-corrected chi connectivity index (χ3v) is 2.18. The van der Waals surface area contributed by atoms with Crippen molar-refractivity contribution >= 4 is 12.2 Å². The van der Waals surface area contributed by atoms with Crippen molar-refractivity contribution in [2.24, 2.45) is 0 Å². The number of rotatable bonds is 4. The lowest BCUT2D eigenvalue weighted by Crippen LogP contribution is -2.32. The standard InChI is InChI=1S/C15H19N3O2/c1-15(2,3)20-14(19)18-8-5-4-6-13-10-12(11-16)7-9-17-13/h4,6-7,9-10H,5,8H2,1-3H3,(H,18,19). The summed E-state index contributed by atoms with van der Waals surface area (Å²) in [7, 11) is 0. The molecular formula is C15H19N3O2. The Morgan fingerprint density at radius 3 is 2.95 bits per heavy atom. The van der Waals surface area contributed by atoms with E-state index in [1.54, 1.807) is 18.3 Å². The second-order valence-corrected chi connectivity index (χ2v) is 5.20. The van der Waals surface area contributed by atoms with E-state index in [1.165, 1.54) is 0 Å². The van der Waals surface area contributed by atoms with Gasteiger partial charge in [0.25, 0.3) is 0 Å². The van der Waals surface area contributed by atoms with Crippen molar-refractivity contribution in [1.82, 2.24) is 10.3 Å². The Kier molecular flexibility index (Phi) is 5.73. The molecule has 0 bridgehead atoms. The van der Waals surface area contributed by atoms with E-state index in [9.17, 15) is 4.79 Å². The Balaban J connectivity index is 2.32. The lowest BCUT2D eigenvalue weighted by Gasteiger charge is -2.19. The van der Waals surface area contributed by atoms with Gasteiger partial charge in [0, 0.05) is 12.7 Å². The molecule has 0 aliphatic heterocycles. The molecule has 0 radical (unpaired) electrons. The summed E-state index contributed by atoms with van der Waals surface area (Å²) in [6.07, 6.45) is 5.54. The fraction of sp³-hybridized carbons (Fsp3) is 0.400. The van der Waals surface area contributed by atoms with Gasteiger partial charge in [0.1, 0.15) is 5.60 Å². The summed E-state index contributed by atoms with van der Waals surface area (Å²) in [5.74, 6) is 0. The van der Waals surface area contributed by atoms with Crippen LogP contribution in [0.3, 0.4) is 0 Å². The Morgan fingerprint density at radius 1 is 1.55 bits per heavy atom. The van der Waals surface area contributed by atoms with Gasteiger partial charge >= 0.3 is 6.09 Å². The highest BCUT2D eigenvalue weighted by molar-refractivity contribution is 5.67. The molecule has 5 nitrogen and oxygen atoms in total. The van der Waals surface area contributed by atoms with E-state index in [2.05, 4.69) is 16.4 Å². The van der Waals surface area contributed by atoms with E-state index >= 15 is 0 Å². The Hall–Kier alpha value is -2.35. The first-order valence-corrected chi connectivity index (χ1v) is 6.40. The summed E-state index contributed by atoms with van der Waals surface area (Å²) in [6, 6.07) is 5.42. The molecule has 1 heterocycles. The molecule has 20 heavy (non-hydrogen) atoms. The molecule has 1 aromatic heterocycles. The number of pyridine rings is 1. The summed E-state index contributed by atoms with van der Waals surface area (Å²) in [6.45, 7) is 5.95. The molecule has 0 atom stereocenters. The van der Waals surface area contributed by atoms with E-state index in [4.69, 9.17) is 10.00 Å². The highest BCUT2D eigenvalue weighted by Gasteiger charge is 2.15. The van der Waals surface area contributed by atoms with Gasteiger partial charge in [-0.2, -0.15) is 5.26 Å². The fourth-order valence-electron chi connectivity index (χ4n) is 1.38. The first-order chi connectivity index (χ1) is 9.40. The molecule has 0 aliphatic rings. The summed E-state index contributed by atoms with van der Waals surface area (Å²) in [4.78, 5) is 15.5. The number of hydrogen-bond acceptors (Lipinski definition) is 4. The van der Waals surface area contributed by atoms with Crippen LogP contribution in [0.1, 0.15) is 38.4 Å². The third kappa shape index (κ3) is 6.55. The van der Waals surface area contributed by atoms with Gasteiger partial charge in [0.2, 0.25) is 0 Å². The number of alkyl carbamates (subject to hydrolysis) is 1. The number of aromatic nitrogens is 1. The summed E-state index contributed by atoms with van der Waals surface area (Å²) < 4.78 is 5.11. The van der Waals surface area contributed by atoms with E-state index in [-0.39, 0.29) is 0 Å². The average molecular weight is 273 g/mol. The normalized spacial score (nSPS) is 11.1. The number of ether oxygens (including phenoxy) is 1. The molecule has 1 N–H and O–H groups in total. The number of nitrogens with one attached hydrogen (secondary N) is 1. The largest absolute Gasteiger partial charge is 0.444 e. The Bertz CT molecular complexity index is 525. The van der Waals surface area contributed by atoms with Crippen LogP contribution in [0, 0.1) is 11.3 Å². The van der Waals surface area contributed by atoms with Gasteiger partial charge in [0.05, 0.1) is 17.3 Å². The topological polar surface area (TPSA) is 75.0 Å². The fourth-order valence-corrected chi connectivity index (χ4v) is 1.38. The minimum atomic E-state index is -0.485. The van der Waals surface area contributed by atoms with Crippen LogP contribution >= 0.6 is 0 Å². The first-order valence-electron chi connectivity index (χ1n) is 6.40. The average Bonchev–Trinajstić information content (AvgIpc) is 2.36. The molecule has 0 spiro atoms. The molecule has 0 saturated heterocycles. The molecule has 106 valence electrons. The maximum Gasteiger partial charge on any atom is 0.407 e. The molecule has 0 saturated carbocycles. The van der Waals surface area contributed by atoms with Crippen molar-refractivity contribution in [1.29, 1.82) is 5.26 Å². The maximum absolute atomic E-state index is 11.4. The van der Waals surface area contributed by atoms with Crippen molar-refractivity contribution in [2.45, 2.75) is 32.8 Å². The number of nitrogens with zero attached hydrogens (tertiary/aromatic N) is 2.